The Balaban J connectivity index is 2.46. The summed E-state index contributed by atoms with van der Waals surface area (Å²) in [5.41, 5.74) is 5.74. The summed E-state index contributed by atoms with van der Waals surface area (Å²) >= 11 is 0. The minimum Gasteiger partial charge on any atom is -0.464 e. The standard InChI is InChI=1S/C6H11N3O2/c1-11-6(10)5-4-9(8-5)3-2-7/h4,8H,2-3,7H2,1H3. The van der Waals surface area contributed by atoms with Gasteiger partial charge in [0.15, 0.2) is 5.69 Å². The van der Waals surface area contributed by atoms with Gasteiger partial charge >= 0.3 is 5.97 Å². The number of carbonyl (C=O) groups excluding carboxylic acids is 1. The first-order valence-electron chi connectivity index (χ1n) is 3.31. The molecule has 0 radical (unpaired) electrons. The van der Waals surface area contributed by atoms with Crippen molar-refractivity contribution in [3.8, 4) is 0 Å². The maximum absolute atomic E-state index is 10.7. The van der Waals surface area contributed by atoms with E-state index in [1.165, 1.54) is 7.11 Å². The van der Waals surface area contributed by atoms with Crippen molar-refractivity contribution in [2.75, 3.05) is 13.7 Å². The van der Waals surface area contributed by atoms with Crippen LogP contribution in [0, 0.1) is 0 Å². The van der Waals surface area contributed by atoms with Gasteiger partial charge in [0.2, 0.25) is 0 Å². The van der Waals surface area contributed by atoms with Crippen molar-refractivity contribution in [1.29, 1.82) is 0 Å². The minimum atomic E-state index is -0.349. The third-order valence-electron chi connectivity index (χ3n) is 1.32. The molecule has 3 N–H and O–H groups in total. The highest BCUT2D eigenvalue weighted by molar-refractivity contribution is 5.87. The molecule has 0 fully saturated rings. The molecular formula is C6H11N3O2. The Hall–Kier alpha value is -1.23. The first-order chi connectivity index (χ1) is 5.27. The minimum absolute atomic E-state index is 0.349. The normalized spacial score (nSPS) is 10.0. The first-order valence-corrected chi connectivity index (χ1v) is 3.31. The molecule has 0 aliphatic heterocycles. The molecule has 0 unspecified atom stereocenters. The fraction of sp³-hybridized carbons (Fsp3) is 0.500. The highest BCUT2D eigenvalue weighted by Gasteiger charge is 2.09. The van der Waals surface area contributed by atoms with Gasteiger partial charge in [-0.15, -0.1) is 0 Å². The lowest BCUT2D eigenvalue weighted by Gasteiger charge is -2.12. The summed E-state index contributed by atoms with van der Waals surface area (Å²) in [5, 5.41) is 2.77. The van der Waals surface area contributed by atoms with E-state index in [2.05, 4.69) is 9.84 Å². The molecule has 0 bridgehead atoms. The van der Waals surface area contributed by atoms with Crippen molar-refractivity contribution in [3.05, 3.63) is 11.9 Å². The maximum atomic E-state index is 10.7. The van der Waals surface area contributed by atoms with Crippen LogP contribution in [0.5, 0.6) is 0 Å². The lowest BCUT2D eigenvalue weighted by molar-refractivity contribution is 0.0584. The number of esters is 1. The van der Waals surface area contributed by atoms with Crippen LogP contribution in [0.2, 0.25) is 0 Å². The van der Waals surface area contributed by atoms with Crippen molar-refractivity contribution < 1.29 is 9.53 Å². The van der Waals surface area contributed by atoms with Crippen molar-refractivity contribution in [3.63, 3.8) is 0 Å². The number of hydrogen-bond acceptors (Lipinski definition) is 3. The summed E-state index contributed by atoms with van der Waals surface area (Å²) in [6.45, 7) is 1.25. The Morgan fingerprint density at radius 2 is 2.55 bits per heavy atom. The fourth-order valence-corrected chi connectivity index (χ4v) is 0.773. The predicted molar refractivity (Wildman–Crippen MR) is 39.2 cm³/mol. The van der Waals surface area contributed by atoms with E-state index >= 15 is 0 Å². The van der Waals surface area contributed by atoms with Crippen LogP contribution in [-0.2, 0) is 11.3 Å². The number of carbonyl (C=O) groups is 1. The molecular weight excluding hydrogens is 146 g/mol. The zero-order valence-electron chi connectivity index (χ0n) is 6.33. The summed E-state index contributed by atoms with van der Waals surface area (Å²) < 4.78 is 6.18. The third-order valence-corrected chi connectivity index (χ3v) is 1.32. The van der Waals surface area contributed by atoms with Gasteiger partial charge in [0.25, 0.3) is 0 Å². The zero-order chi connectivity index (χ0) is 8.27. The van der Waals surface area contributed by atoms with E-state index in [1.807, 2.05) is 0 Å². The van der Waals surface area contributed by atoms with E-state index in [-0.39, 0.29) is 5.97 Å². The van der Waals surface area contributed by atoms with E-state index < -0.39 is 0 Å². The average molecular weight is 157 g/mol. The molecule has 0 saturated heterocycles. The van der Waals surface area contributed by atoms with Gasteiger partial charge in [-0.1, -0.05) is 0 Å². The molecule has 0 aliphatic carbocycles. The summed E-state index contributed by atoms with van der Waals surface area (Å²) in [5.74, 6) is -0.349. The first kappa shape index (κ1) is 7.87. The Morgan fingerprint density at radius 1 is 1.91 bits per heavy atom. The number of nitrogens with two attached hydrogens (primary N) is 1. The molecule has 0 spiro atoms. The molecule has 0 amide bonds. The molecule has 5 heteroatoms. The predicted octanol–water partition coefficient (Wildman–Crippen LogP) is -0.439. The Labute approximate surface area is 64.1 Å². The lowest BCUT2D eigenvalue weighted by Crippen LogP contribution is -2.21. The Morgan fingerprint density at radius 3 is 3.00 bits per heavy atom. The summed E-state index contributed by atoms with van der Waals surface area (Å²) in [7, 11) is 1.34. The largest absolute Gasteiger partial charge is 0.464 e. The van der Waals surface area contributed by atoms with Gasteiger partial charge in [0.05, 0.1) is 19.9 Å². The quantitative estimate of drug-likeness (QED) is 0.584. The Kier molecular flexibility index (Phi) is 2.32. The van der Waals surface area contributed by atoms with Crippen molar-refractivity contribution >= 4 is 5.97 Å². The number of ether oxygens (including phenoxy) is 1. The molecule has 62 valence electrons. The number of aromatic amines is 1. The summed E-state index contributed by atoms with van der Waals surface area (Å²) in [6.07, 6.45) is 1.67. The number of H-pyrrole nitrogens is 1. The van der Waals surface area contributed by atoms with Crippen molar-refractivity contribution in [2.24, 2.45) is 5.73 Å². The molecule has 11 heavy (non-hydrogen) atoms. The molecule has 0 atom stereocenters. The highest BCUT2D eigenvalue weighted by Crippen LogP contribution is 1.98. The molecule has 0 aromatic carbocycles. The molecule has 0 aliphatic rings. The number of methoxy groups -OCH3 is 1. The van der Waals surface area contributed by atoms with Crippen LogP contribution < -0.4 is 5.73 Å². The number of nitrogens with zero attached hydrogens (tertiary/aromatic N) is 1. The van der Waals surface area contributed by atoms with Crippen LogP contribution in [-0.4, -0.2) is 29.4 Å². The smallest absolute Gasteiger partial charge is 0.357 e. The van der Waals surface area contributed by atoms with E-state index in [0.29, 0.717) is 18.8 Å². The molecule has 5 nitrogen and oxygen atoms in total. The SMILES string of the molecule is COC(=O)c1cn(CCN)[nH]1. The number of rotatable bonds is 3. The van der Waals surface area contributed by atoms with Crippen LogP contribution in [0.15, 0.2) is 6.20 Å². The van der Waals surface area contributed by atoms with E-state index in [1.54, 1.807) is 10.9 Å². The average Bonchev–Trinajstić information content (AvgIpc) is 1.94. The number of aromatic nitrogens is 2. The van der Waals surface area contributed by atoms with E-state index in [0.717, 1.165) is 0 Å². The topological polar surface area (TPSA) is 73.0 Å². The van der Waals surface area contributed by atoms with E-state index in [4.69, 9.17) is 5.73 Å². The molecule has 0 saturated carbocycles. The second-order valence-corrected chi connectivity index (χ2v) is 2.13. The van der Waals surface area contributed by atoms with Crippen LogP contribution in [0.3, 0.4) is 0 Å². The second kappa shape index (κ2) is 3.25. The molecule has 1 heterocycles. The van der Waals surface area contributed by atoms with Gasteiger partial charge in [-0.2, -0.15) is 0 Å². The van der Waals surface area contributed by atoms with Gasteiger partial charge in [0.1, 0.15) is 0 Å². The maximum Gasteiger partial charge on any atom is 0.357 e. The molecule has 1 aromatic rings. The number of hydrogen-bond donors (Lipinski definition) is 2. The molecule has 1 rings (SSSR count). The fourth-order valence-electron chi connectivity index (χ4n) is 0.773. The molecule has 1 aromatic heterocycles. The van der Waals surface area contributed by atoms with Crippen LogP contribution >= 0.6 is 0 Å². The monoisotopic (exact) mass is 157 g/mol. The van der Waals surface area contributed by atoms with Gasteiger partial charge in [-0.3, -0.25) is 9.78 Å². The van der Waals surface area contributed by atoms with Gasteiger partial charge in [0, 0.05) is 6.54 Å². The third kappa shape index (κ3) is 1.62. The van der Waals surface area contributed by atoms with Crippen molar-refractivity contribution in [2.45, 2.75) is 6.54 Å². The Bertz CT molecular complexity index is 226. The summed E-state index contributed by atoms with van der Waals surface area (Å²) in [4.78, 5) is 10.7. The highest BCUT2D eigenvalue weighted by atomic mass is 16.5. The second-order valence-electron chi connectivity index (χ2n) is 2.13. The van der Waals surface area contributed by atoms with Crippen LogP contribution in [0.1, 0.15) is 10.5 Å². The lowest BCUT2D eigenvalue weighted by atomic mass is 10.4. The number of nitrogens with one attached hydrogen (secondary N) is 1. The summed E-state index contributed by atoms with van der Waals surface area (Å²) in [6, 6.07) is 0. The van der Waals surface area contributed by atoms with Gasteiger partial charge in [-0.05, 0) is 0 Å². The van der Waals surface area contributed by atoms with Crippen molar-refractivity contribution in [1.82, 2.24) is 9.78 Å². The van der Waals surface area contributed by atoms with Crippen LogP contribution in [0.25, 0.3) is 0 Å². The zero-order valence-corrected chi connectivity index (χ0v) is 6.33. The van der Waals surface area contributed by atoms with E-state index in [9.17, 15) is 4.79 Å². The van der Waals surface area contributed by atoms with Gasteiger partial charge < -0.3 is 10.5 Å². The van der Waals surface area contributed by atoms with Gasteiger partial charge in [-0.25, -0.2) is 4.79 Å². The van der Waals surface area contributed by atoms with Crippen LogP contribution in [0.4, 0.5) is 0 Å².